The van der Waals surface area contributed by atoms with Crippen LogP contribution in [0.1, 0.15) is 71.1 Å². The van der Waals surface area contributed by atoms with Gasteiger partial charge >= 0.3 is 0 Å². The fourth-order valence-electron chi connectivity index (χ4n) is 2.06. The molecule has 0 spiro atoms. The van der Waals surface area contributed by atoms with Crippen LogP contribution in [0.4, 0.5) is 0 Å². The second kappa shape index (κ2) is 7.17. The first-order chi connectivity index (χ1) is 6.39. The molecule has 0 bridgehead atoms. The minimum Gasteiger partial charge on any atom is -0.0856 e. The molecule has 0 heteroatoms. The summed E-state index contributed by atoms with van der Waals surface area (Å²) >= 11 is 0. The number of hydrogen-bond acceptors (Lipinski definition) is 0. The van der Waals surface area contributed by atoms with E-state index in [0.29, 0.717) is 0 Å². The first-order valence-electron chi connectivity index (χ1n) is 6.05. The van der Waals surface area contributed by atoms with Crippen molar-refractivity contribution in [3.8, 4) is 0 Å². The van der Waals surface area contributed by atoms with Crippen molar-refractivity contribution in [1.82, 2.24) is 0 Å². The van der Waals surface area contributed by atoms with E-state index in [0.717, 1.165) is 0 Å². The zero-order valence-electron chi connectivity index (χ0n) is 9.15. The first kappa shape index (κ1) is 10.8. The summed E-state index contributed by atoms with van der Waals surface area (Å²) in [6.07, 6.45) is 16.7. The third kappa shape index (κ3) is 5.90. The van der Waals surface area contributed by atoms with E-state index in [4.69, 9.17) is 0 Å². The average Bonchev–Trinajstić information content (AvgIpc) is 2.11. The third-order valence-corrected chi connectivity index (χ3v) is 3.02. The largest absolute Gasteiger partial charge is 0.0856 e. The normalized spacial score (nSPS) is 26.7. The smallest absolute Gasteiger partial charge is 0.0323 e. The summed E-state index contributed by atoms with van der Waals surface area (Å²) in [5, 5.41) is 0. The molecule has 0 nitrogen and oxygen atoms in total. The summed E-state index contributed by atoms with van der Waals surface area (Å²) in [5.74, 6) is 0. The molecule has 1 rings (SSSR count). The van der Waals surface area contributed by atoms with E-state index in [1.54, 1.807) is 5.57 Å². The highest BCUT2D eigenvalue weighted by molar-refractivity contribution is 4.97. The standard InChI is InChI=1S/C13H24/c1-13-11-9-7-5-3-2-4-6-8-10-12-13/h11H,2-10,12H2,1H3/b13-11-. The van der Waals surface area contributed by atoms with Crippen molar-refractivity contribution in [2.75, 3.05) is 0 Å². The lowest BCUT2D eigenvalue weighted by atomic mass is 10.0. The quantitative estimate of drug-likeness (QED) is 0.468. The van der Waals surface area contributed by atoms with Crippen LogP contribution in [0.3, 0.4) is 0 Å². The van der Waals surface area contributed by atoms with E-state index in [9.17, 15) is 0 Å². The highest BCUT2D eigenvalue weighted by Crippen LogP contribution is 2.15. The number of allylic oxidation sites excluding steroid dienone is 2. The molecule has 0 atom stereocenters. The molecule has 0 aromatic carbocycles. The first-order valence-corrected chi connectivity index (χ1v) is 6.05. The fourth-order valence-corrected chi connectivity index (χ4v) is 2.06. The summed E-state index contributed by atoms with van der Waals surface area (Å²) in [6, 6.07) is 0. The molecule has 0 unspecified atom stereocenters. The Morgan fingerprint density at radius 3 is 2.00 bits per heavy atom. The Hall–Kier alpha value is -0.260. The van der Waals surface area contributed by atoms with Gasteiger partial charge in [0.2, 0.25) is 0 Å². The molecule has 0 amide bonds. The van der Waals surface area contributed by atoms with Crippen LogP contribution in [0, 0.1) is 0 Å². The van der Waals surface area contributed by atoms with E-state index < -0.39 is 0 Å². The molecule has 13 heavy (non-hydrogen) atoms. The lowest BCUT2D eigenvalue weighted by Crippen LogP contribution is -1.85. The minimum absolute atomic E-state index is 1.33. The maximum atomic E-state index is 2.46. The van der Waals surface area contributed by atoms with E-state index >= 15 is 0 Å². The Kier molecular flexibility index (Phi) is 5.97. The van der Waals surface area contributed by atoms with Gasteiger partial charge in [-0.05, 0) is 32.6 Å². The van der Waals surface area contributed by atoms with Gasteiger partial charge in [0, 0.05) is 0 Å². The summed E-state index contributed by atoms with van der Waals surface area (Å²) in [6.45, 7) is 2.30. The lowest BCUT2D eigenvalue weighted by Gasteiger charge is -2.05. The molecule has 1 aliphatic carbocycles. The van der Waals surface area contributed by atoms with Gasteiger partial charge in [0.25, 0.3) is 0 Å². The fraction of sp³-hybridized carbons (Fsp3) is 0.846. The van der Waals surface area contributed by atoms with Crippen molar-refractivity contribution < 1.29 is 0 Å². The average molecular weight is 180 g/mol. The molecule has 0 aliphatic heterocycles. The van der Waals surface area contributed by atoms with E-state index in [1.165, 1.54) is 64.2 Å². The van der Waals surface area contributed by atoms with Gasteiger partial charge in [0.05, 0.1) is 0 Å². The lowest BCUT2D eigenvalue weighted by molar-refractivity contribution is 0.562. The van der Waals surface area contributed by atoms with Gasteiger partial charge in [-0.15, -0.1) is 0 Å². The zero-order valence-corrected chi connectivity index (χ0v) is 9.15. The summed E-state index contributed by atoms with van der Waals surface area (Å²) in [5.41, 5.74) is 1.63. The van der Waals surface area contributed by atoms with Crippen molar-refractivity contribution in [2.24, 2.45) is 0 Å². The van der Waals surface area contributed by atoms with Crippen molar-refractivity contribution in [2.45, 2.75) is 71.1 Å². The van der Waals surface area contributed by atoms with Crippen LogP contribution in [-0.2, 0) is 0 Å². The van der Waals surface area contributed by atoms with Crippen LogP contribution in [0.5, 0.6) is 0 Å². The Balaban J connectivity index is 2.23. The van der Waals surface area contributed by atoms with Crippen molar-refractivity contribution in [1.29, 1.82) is 0 Å². The molecule has 0 saturated carbocycles. The van der Waals surface area contributed by atoms with E-state index in [-0.39, 0.29) is 0 Å². The van der Waals surface area contributed by atoms with Gasteiger partial charge in [-0.2, -0.15) is 0 Å². The molecular formula is C13H24. The second-order valence-electron chi connectivity index (χ2n) is 4.42. The van der Waals surface area contributed by atoms with Gasteiger partial charge in [-0.1, -0.05) is 50.2 Å². The summed E-state index contributed by atoms with van der Waals surface area (Å²) in [7, 11) is 0. The van der Waals surface area contributed by atoms with Gasteiger partial charge in [-0.25, -0.2) is 0 Å². The van der Waals surface area contributed by atoms with Crippen LogP contribution in [0.15, 0.2) is 11.6 Å². The second-order valence-corrected chi connectivity index (χ2v) is 4.42. The Morgan fingerprint density at radius 2 is 1.31 bits per heavy atom. The van der Waals surface area contributed by atoms with Gasteiger partial charge in [0.15, 0.2) is 0 Å². The molecular weight excluding hydrogens is 156 g/mol. The summed E-state index contributed by atoms with van der Waals surface area (Å²) in [4.78, 5) is 0. The molecule has 0 N–H and O–H groups in total. The van der Waals surface area contributed by atoms with Crippen LogP contribution < -0.4 is 0 Å². The Labute approximate surface area is 83.4 Å². The zero-order chi connectivity index (χ0) is 9.36. The Morgan fingerprint density at radius 1 is 0.769 bits per heavy atom. The molecule has 0 aromatic rings. The number of hydrogen-bond donors (Lipinski definition) is 0. The van der Waals surface area contributed by atoms with Crippen LogP contribution >= 0.6 is 0 Å². The summed E-state index contributed by atoms with van der Waals surface area (Å²) < 4.78 is 0. The molecule has 0 aromatic heterocycles. The van der Waals surface area contributed by atoms with Gasteiger partial charge < -0.3 is 0 Å². The molecule has 0 saturated heterocycles. The maximum absolute atomic E-state index is 2.46. The van der Waals surface area contributed by atoms with Crippen LogP contribution in [0.2, 0.25) is 0 Å². The molecule has 1 aliphatic rings. The predicted molar refractivity (Wildman–Crippen MR) is 59.9 cm³/mol. The van der Waals surface area contributed by atoms with Gasteiger partial charge in [-0.3, -0.25) is 0 Å². The van der Waals surface area contributed by atoms with Crippen molar-refractivity contribution in [3.05, 3.63) is 11.6 Å². The highest BCUT2D eigenvalue weighted by Gasteiger charge is 1.96. The van der Waals surface area contributed by atoms with Crippen molar-refractivity contribution >= 4 is 0 Å². The molecule has 0 heterocycles. The highest BCUT2D eigenvalue weighted by atomic mass is 14.0. The molecule has 0 radical (unpaired) electrons. The number of rotatable bonds is 0. The minimum atomic E-state index is 1.33. The Bertz CT molecular complexity index is 144. The maximum Gasteiger partial charge on any atom is -0.0323 e. The van der Waals surface area contributed by atoms with Crippen LogP contribution in [-0.4, -0.2) is 0 Å². The monoisotopic (exact) mass is 180 g/mol. The van der Waals surface area contributed by atoms with Gasteiger partial charge in [0.1, 0.15) is 0 Å². The molecule has 0 fully saturated rings. The molecule has 76 valence electrons. The predicted octanol–water partition coefficient (Wildman–Crippen LogP) is 4.85. The SMILES string of the molecule is C/C1=C/CCCCCCCCCC1. The van der Waals surface area contributed by atoms with E-state index in [2.05, 4.69) is 13.0 Å². The van der Waals surface area contributed by atoms with Crippen LogP contribution in [0.25, 0.3) is 0 Å². The van der Waals surface area contributed by atoms with E-state index in [1.807, 2.05) is 0 Å². The topological polar surface area (TPSA) is 0 Å². The third-order valence-electron chi connectivity index (χ3n) is 3.02. The van der Waals surface area contributed by atoms with Crippen molar-refractivity contribution in [3.63, 3.8) is 0 Å².